The lowest BCUT2D eigenvalue weighted by Gasteiger charge is -2.10. The first-order chi connectivity index (χ1) is 6.86. The normalized spacial score (nSPS) is 20.7. The fraction of sp³-hybridized carbons (Fsp3) is 0.364. The predicted octanol–water partition coefficient (Wildman–Crippen LogP) is 2.27. The Morgan fingerprint density at radius 1 is 1.36 bits per heavy atom. The molecule has 1 heterocycles. The Balaban J connectivity index is 1.95. The molecule has 0 spiro atoms. The third-order valence-electron chi connectivity index (χ3n) is 2.26. The van der Waals surface area contributed by atoms with Crippen LogP contribution >= 0.6 is 11.8 Å². The summed E-state index contributed by atoms with van der Waals surface area (Å²) in [7, 11) is 0. The van der Waals surface area contributed by atoms with Gasteiger partial charge in [0, 0.05) is 5.56 Å². The van der Waals surface area contributed by atoms with Gasteiger partial charge >= 0.3 is 0 Å². The zero-order chi connectivity index (χ0) is 9.80. The molecule has 0 saturated carbocycles. The van der Waals surface area contributed by atoms with Crippen molar-refractivity contribution in [1.82, 2.24) is 5.32 Å². The summed E-state index contributed by atoms with van der Waals surface area (Å²) in [5.74, 6) is 1.21. The lowest BCUT2D eigenvalue weighted by Crippen LogP contribution is -2.30. The lowest BCUT2D eigenvalue weighted by atomic mass is 10.2. The summed E-state index contributed by atoms with van der Waals surface area (Å²) >= 11 is 1.83. The molecule has 74 valence electrons. The summed E-state index contributed by atoms with van der Waals surface area (Å²) in [5, 5.41) is 3.34. The molecular weight excluding hydrogens is 194 g/mol. The minimum absolute atomic E-state index is 0.0463. The van der Waals surface area contributed by atoms with Crippen LogP contribution in [-0.2, 0) is 0 Å². The number of hydrogen-bond donors (Lipinski definition) is 1. The third-order valence-corrected chi connectivity index (χ3v) is 3.54. The largest absolute Gasteiger partial charge is 0.340 e. The van der Waals surface area contributed by atoms with Gasteiger partial charge in [-0.25, -0.2) is 0 Å². The van der Waals surface area contributed by atoms with Crippen molar-refractivity contribution in [3.63, 3.8) is 0 Å². The smallest absolute Gasteiger partial charge is 0.252 e. The first kappa shape index (κ1) is 9.59. The van der Waals surface area contributed by atoms with E-state index in [0.717, 1.165) is 12.0 Å². The number of carbonyl (C=O) groups excluding carboxylic acids is 1. The Morgan fingerprint density at radius 3 is 2.79 bits per heavy atom. The van der Waals surface area contributed by atoms with Crippen molar-refractivity contribution in [3.05, 3.63) is 35.9 Å². The van der Waals surface area contributed by atoms with Crippen LogP contribution in [0.5, 0.6) is 0 Å². The molecule has 0 unspecified atom stereocenters. The number of rotatable bonds is 2. The lowest BCUT2D eigenvalue weighted by molar-refractivity contribution is 0.0949. The number of hydrogen-bond acceptors (Lipinski definition) is 2. The summed E-state index contributed by atoms with van der Waals surface area (Å²) < 4.78 is 0. The van der Waals surface area contributed by atoms with Crippen LogP contribution in [0.15, 0.2) is 30.3 Å². The van der Waals surface area contributed by atoms with Crippen LogP contribution in [0, 0.1) is 0 Å². The molecule has 1 N–H and O–H groups in total. The van der Waals surface area contributed by atoms with Crippen molar-refractivity contribution in [2.24, 2.45) is 0 Å². The van der Waals surface area contributed by atoms with Crippen molar-refractivity contribution < 1.29 is 4.79 Å². The van der Waals surface area contributed by atoms with E-state index in [1.807, 2.05) is 42.1 Å². The summed E-state index contributed by atoms with van der Waals surface area (Å²) in [6.07, 6.45) is 2.31. The summed E-state index contributed by atoms with van der Waals surface area (Å²) in [5.41, 5.74) is 0.750. The fourth-order valence-corrected chi connectivity index (χ4v) is 2.65. The minimum atomic E-state index is 0.0463. The summed E-state index contributed by atoms with van der Waals surface area (Å²) in [6, 6.07) is 9.37. The third kappa shape index (κ3) is 2.29. The Labute approximate surface area is 88.1 Å². The van der Waals surface area contributed by atoms with E-state index in [9.17, 15) is 4.79 Å². The van der Waals surface area contributed by atoms with E-state index in [1.54, 1.807) is 0 Å². The van der Waals surface area contributed by atoms with Gasteiger partial charge in [-0.2, -0.15) is 0 Å². The van der Waals surface area contributed by atoms with E-state index in [2.05, 4.69) is 5.32 Å². The van der Waals surface area contributed by atoms with Gasteiger partial charge in [0.05, 0.1) is 5.37 Å². The highest BCUT2D eigenvalue weighted by atomic mass is 32.2. The van der Waals surface area contributed by atoms with Crippen LogP contribution in [0.2, 0.25) is 0 Å². The minimum Gasteiger partial charge on any atom is -0.340 e. The standard InChI is InChI=1S/C11H13NOS/c13-11(9-5-2-1-3-6-9)12-10-7-4-8-14-10/h1-3,5-6,10H,4,7-8H2,(H,12,13)/t10-/m1/s1. The molecule has 1 aliphatic rings. The molecular formula is C11H13NOS. The SMILES string of the molecule is O=C(N[C@H]1CCCS1)c1ccccc1. The monoisotopic (exact) mass is 207 g/mol. The fourth-order valence-electron chi connectivity index (χ4n) is 1.51. The van der Waals surface area contributed by atoms with Gasteiger partial charge in [-0.15, -0.1) is 11.8 Å². The maximum atomic E-state index is 11.7. The maximum Gasteiger partial charge on any atom is 0.252 e. The van der Waals surface area contributed by atoms with E-state index >= 15 is 0 Å². The molecule has 1 aromatic carbocycles. The van der Waals surface area contributed by atoms with E-state index in [1.165, 1.54) is 12.2 Å². The van der Waals surface area contributed by atoms with Crippen molar-refractivity contribution in [1.29, 1.82) is 0 Å². The quantitative estimate of drug-likeness (QED) is 0.806. The van der Waals surface area contributed by atoms with Gasteiger partial charge in [0.2, 0.25) is 0 Å². The molecule has 1 aliphatic heterocycles. The number of carbonyl (C=O) groups is 1. The zero-order valence-electron chi connectivity index (χ0n) is 7.90. The van der Waals surface area contributed by atoms with Gasteiger partial charge in [0.25, 0.3) is 5.91 Å². The van der Waals surface area contributed by atoms with E-state index in [4.69, 9.17) is 0 Å². The first-order valence-corrected chi connectivity index (χ1v) is 5.88. The van der Waals surface area contributed by atoms with E-state index in [-0.39, 0.29) is 5.91 Å². The molecule has 0 bridgehead atoms. The highest BCUT2D eigenvalue weighted by Crippen LogP contribution is 2.23. The molecule has 3 heteroatoms. The highest BCUT2D eigenvalue weighted by Gasteiger charge is 2.17. The van der Waals surface area contributed by atoms with Crippen molar-refractivity contribution >= 4 is 17.7 Å². The van der Waals surface area contributed by atoms with Crippen LogP contribution in [-0.4, -0.2) is 17.0 Å². The topological polar surface area (TPSA) is 29.1 Å². The Bertz CT molecular complexity index is 306. The molecule has 1 saturated heterocycles. The van der Waals surface area contributed by atoms with Gasteiger partial charge in [0.1, 0.15) is 0 Å². The van der Waals surface area contributed by atoms with Gasteiger partial charge in [-0.05, 0) is 30.7 Å². The summed E-state index contributed by atoms with van der Waals surface area (Å²) in [6.45, 7) is 0. The van der Waals surface area contributed by atoms with Crippen LogP contribution < -0.4 is 5.32 Å². The molecule has 0 aromatic heterocycles. The van der Waals surface area contributed by atoms with E-state index in [0.29, 0.717) is 5.37 Å². The van der Waals surface area contributed by atoms with Crippen molar-refractivity contribution in [3.8, 4) is 0 Å². The molecule has 2 nitrogen and oxygen atoms in total. The van der Waals surface area contributed by atoms with E-state index < -0.39 is 0 Å². The number of nitrogens with one attached hydrogen (secondary N) is 1. The van der Waals surface area contributed by atoms with Crippen LogP contribution in [0.25, 0.3) is 0 Å². The van der Waals surface area contributed by atoms with Gasteiger partial charge in [-0.3, -0.25) is 4.79 Å². The molecule has 14 heavy (non-hydrogen) atoms. The van der Waals surface area contributed by atoms with Crippen molar-refractivity contribution in [2.45, 2.75) is 18.2 Å². The Kier molecular flexibility index (Phi) is 3.09. The molecule has 1 aromatic rings. The number of thioether (sulfide) groups is 1. The number of amides is 1. The Morgan fingerprint density at radius 2 is 2.14 bits per heavy atom. The molecule has 1 amide bonds. The molecule has 1 fully saturated rings. The molecule has 0 radical (unpaired) electrons. The molecule has 0 aliphatic carbocycles. The van der Waals surface area contributed by atoms with Crippen LogP contribution in [0.1, 0.15) is 23.2 Å². The average molecular weight is 207 g/mol. The molecule has 1 atom stereocenters. The zero-order valence-corrected chi connectivity index (χ0v) is 8.72. The van der Waals surface area contributed by atoms with Crippen LogP contribution in [0.3, 0.4) is 0 Å². The second-order valence-corrected chi connectivity index (χ2v) is 4.65. The summed E-state index contributed by atoms with van der Waals surface area (Å²) in [4.78, 5) is 11.7. The van der Waals surface area contributed by atoms with Gasteiger partial charge in [-0.1, -0.05) is 18.2 Å². The van der Waals surface area contributed by atoms with Crippen molar-refractivity contribution in [2.75, 3.05) is 5.75 Å². The van der Waals surface area contributed by atoms with Gasteiger partial charge < -0.3 is 5.32 Å². The molecule has 2 rings (SSSR count). The Hall–Kier alpha value is -0.960. The highest BCUT2D eigenvalue weighted by molar-refractivity contribution is 8.00. The second kappa shape index (κ2) is 4.51. The number of benzene rings is 1. The first-order valence-electron chi connectivity index (χ1n) is 4.84. The maximum absolute atomic E-state index is 11.7. The van der Waals surface area contributed by atoms with Crippen LogP contribution in [0.4, 0.5) is 0 Å². The predicted molar refractivity (Wildman–Crippen MR) is 59.4 cm³/mol. The second-order valence-electron chi connectivity index (χ2n) is 3.34. The average Bonchev–Trinajstić information content (AvgIpc) is 2.72. The van der Waals surface area contributed by atoms with Gasteiger partial charge in [0.15, 0.2) is 0 Å².